The Kier molecular flexibility index (Phi) is 6.43. The van der Waals surface area contributed by atoms with Crippen molar-refractivity contribution < 1.29 is 31.5 Å². The lowest BCUT2D eigenvalue weighted by atomic mass is 10.2. The molecule has 10 heteroatoms. The van der Waals surface area contributed by atoms with Gasteiger partial charge in [0.05, 0.1) is 21.7 Å². The molecule has 2 aromatic rings. The molecule has 1 atom stereocenters. The van der Waals surface area contributed by atoms with E-state index in [1.807, 2.05) is 6.07 Å². The van der Waals surface area contributed by atoms with Crippen molar-refractivity contribution >= 4 is 27.4 Å². The minimum Gasteiger partial charge on any atom is -0.449 e. The van der Waals surface area contributed by atoms with Crippen LogP contribution in [0.2, 0.25) is 0 Å². The van der Waals surface area contributed by atoms with E-state index < -0.39 is 38.5 Å². The van der Waals surface area contributed by atoms with Crippen molar-refractivity contribution in [2.75, 3.05) is 5.32 Å². The van der Waals surface area contributed by atoms with Crippen LogP contribution in [0.5, 0.6) is 0 Å². The van der Waals surface area contributed by atoms with Crippen molar-refractivity contribution in [2.45, 2.75) is 23.7 Å². The second kappa shape index (κ2) is 8.58. The second-order valence-electron chi connectivity index (χ2n) is 5.52. The molecule has 0 saturated carbocycles. The maximum Gasteiger partial charge on any atom is 0.341 e. The van der Waals surface area contributed by atoms with Gasteiger partial charge in [0.1, 0.15) is 6.07 Å². The molecule has 2 rings (SSSR count). The maximum atomic E-state index is 12.5. The number of nitrogens with zero attached hydrogens (tertiary/aromatic N) is 1. The van der Waals surface area contributed by atoms with Crippen LogP contribution in [0.25, 0.3) is 0 Å². The SMILES string of the molecule is C[C@H](OC(=O)c1ccc(S(=O)(=O)C(F)F)cc1)C(=O)Nc1ccccc1C#N. The number of hydrogen-bond donors (Lipinski definition) is 1. The van der Waals surface area contributed by atoms with Crippen molar-refractivity contribution in [1.82, 2.24) is 0 Å². The number of nitriles is 1. The van der Waals surface area contributed by atoms with Gasteiger partial charge >= 0.3 is 11.7 Å². The van der Waals surface area contributed by atoms with Crippen molar-refractivity contribution in [3.8, 4) is 6.07 Å². The third-order valence-corrected chi connectivity index (χ3v) is 5.01. The number of carbonyl (C=O) groups excluding carboxylic acids is 2. The number of nitrogens with one attached hydrogen (secondary N) is 1. The third-order valence-electron chi connectivity index (χ3n) is 3.61. The highest BCUT2D eigenvalue weighted by molar-refractivity contribution is 7.91. The molecule has 0 aliphatic carbocycles. The topological polar surface area (TPSA) is 113 Å². The highest BCUT2D eigenvalue weighted by atomic mass is 32.2. The molecule has 0 spiro atoms. The molecule has 0 radical (unpaired) electrons. The number of alkyl halides is 2. The van der Waals surface area contributed by atoms with Gasteiger partial charge in [-0.3, -0.25) is 4.79 Å². The average Bonchev–Trinajstić information content (AvgIpc) is 2.68. The van der Waals surface area contributed by atoms with Crippen LogP contribution in [-0.2, 0) is 19.4 Å². The molecule has 0 bridgehead atoms. The molecule has 0 aliphatic rings. The van der Waals surface area contributed by atoms with E-state index in [1.54, 1.807) is 12.1 Å². The zero-order valence-corrected chi connectivity index (χ0v) is 15.2. The number of anilines is 1. The Morgan fingerprint density at radius 3 is 2.29 bits per heavy atom. The standard InChI is InChI=1S/C18H14F2N2O5S/c1-11(16(23)22-15-5-3-2-4-13(15)10-21)27-17(24)12-6-8-14(9-7-12)28(25,26)18(19)20/h2-9,11,18H,1H3,(H,22,23)/t11-/m0/s1. The van der Waals surface area contributed by atoms with Crippen LogP contribution in [0.4, 0.5) is 14.5 Å². The third kappa shape index (κ3) is 4.69. The monoisotopic (exact) mass is 408 g/mol. The molecule has 1 N–H and O–H groups in total. The van der Waals surface area contributed by atoms with Crippen LogP contribution in [0.15, 0.2) is 53.4 Å². The zero-order valence-electron chi connectivity index (χ0n) is 14.4. The van der Waals surface area contributed by atoms with Gasteiger partial charge in [0.25, 0.3) is 5.91 Å². The van der Waals surface area contributed by atoms with Crippen LogP contribution in [0.3, 0.4) is 0 Å². The summed E-state index contributed by atoms with van der Waals surface area (Å²) < 4.78 is 52.7. The van der Waals surface area contributed by atoms with E-state index >= 15 is 0 Å². The summed E-state index contributed by atoms with van der Waals surface area (Å²) in [6, 6.07) is 11.9. The fraction of sp³-hybridized carbons (Fsp3) is 0.167. The molecular formula is C18H14F2N2O5S. The van der Waals surface area contributed by atoms with E-state index in [1.165, 1.54) is 19.1 Å². The Morgan fingerprint density at radius 2 is 1.71 bits per heavy atom. The number of rotatable bonds is 6. The highest BCUT2D eigenvalue weighted by Crippen LogP contribution is 2.19. The molecule has 0 aliphatic heterocycles. The molecule has 0 unspecified atom stereocenters. The summed E-state index contributed by atoms with van der Waals surface area (Å²) in [5, 5.41) is 11.5. The van der Waals surface area contributed by atoms with Gasteiger partial charge in [0.15, 0.2) is 6.10 Å². The molecule has 0 fully saturated rings. The largest absolute Gasteiger partial charge is 0.449 e. The lowest BCUT2D eigenvalue weighted by molar-refractivity contribution is -0.123. The summed E-state index contributed by atoms with van der Waals surface area (Å²) in [4.78, 5) is 23.6. The van der Waals surface area contributed by atoms with Crippen molar-refractivity contribution in [2.24, 2.45) is 0 Å². The van der Waals surface area contributed by atoms with E-state index in [0.29, 0.717) is 0 Å². The Morgan fingerprint density at radius 1 is 1.11 bits per heavy atom. The first kappa shape index (κ1) is 21.0. The summed E-state index contributed by atoms with van der Waals surface area (Å²) in [6.45, 7) is 1.30. The lowest BCUT2D eigenvalue weighted by Gasteiger charge is -2.14. The first-order chi connectivity index (χ1) is 13.2. The van der Waals surface area contributed by atoms with Gasteiger partial charge in [-0.15, -0.1) is 0 Å². The lowest BCUT2D eigenvalue weighted by Crippen LogP contribution is -2.30. The molecule has 1 amide bonds. The molecule has 0 aromatic heterocycles. The second-order valence-corrected chi connectivity index (χ2v) is 7.44. The Balaban J connectivity index is 2.06. The normalized spacial score (nSPS) is 12.1. The van der Waals surface area contributed by atoms with Crippen LogP contribution < -0.4 is 5.32 Å². The number of sulfone groups is 1. The Bertz CT molecular complexity index is 1030. The van der Waals surface area contributed by atoms with Crippen LogP contribution >= 0.6 is 0 Å². The average molecular weight is 408 g/mol. The summed E-state index contributed by atoms with van der Waals surface area (Å²) in [6.07, 6.45) is -1.23. The minimum atomic E-state index is -4.77. The molecule has 0 saturated heterocycles. The van der Waals surface area contributed by atoms with E-state index in [9.17, 15) is 26.8 Å². The molecule has 0 heterocycles. The van der Waals surface area contributed by atoms with Gasteiger partial charge in [0, 0.05) is 0 Å². The van der Waals surface area contributed by atoms with Crippen molar-refractivity contribution in [3.05, 3.63) is 59.7 Å². The molecule has 146 valence electrons. The van der Waals surface area contributed by atoms with Gasteiger partial charge in [-0.2, -0.15) is 14.0 Å². The number of benzene rings is 2. The molecule has 7 nitrogen and oxygen atoms in total. The van der Waals surface area contributed by atoms with Crippen molar-refractivity contribution in [1.29, 1.82) is 5.26 Å². The van der Waals surface area contributed by atoms with E-state index in [0.717, 1.165) is 24.3 Å². The highest BCUT2D eigenvalue weighted by Gasteiger charge is 2.27. The van der Waals surface area contributed by atoms with Crippen LogP contribution in [-0.4, -0.2) is 32.2 Å². The van der Waals surface area contributed by atoms with Gasteiger partial charge in [0.2, 0.25) is 9.84 Å². The number of carbonyl (C=O) groups is 2. The van der Waals surface area contributed by atoms with Crippen LogP contribution in [0.1, 0.15) is 22.8 Å². The molecular weight excluding hydrogens is 394 g/mol. The van der Waals surface area contributed by atoms with Gasteiger partial charge in [-0.25, -0.2) is 13.2 Å². The van der Waals surface area contributed by atoms with E-state index in [-0.39, 0.29) is 16.8 Å². The van der Waals surface area contributed by atoms with Crippen LogP contribution in [0, 0.1) is 11.3 Å². The number of halogens is 2. The molecule has 28 heavy (non-hydrogen) atoms. The Labute approximate surface area is 159 Å². The van der Waals surface area contributed by atoms with Gasteiger partial charge < -0.3 is 10.1 Å². The summed E-state index contributed by atoms with van der Waals surface area (Å²) in [5.41, 5.74) is 0.356. The predicted molar refractivity (Wildman–Crippen MR) is 94.3 cm³/mol. The summed E-state index contributed by atoms with van der Waals surface area (Å²) in [5.74, 6) is -5.21. The van der Waals surface area contributed by atoms with Gasteiger partial charge in [-0.05, 0) is 43.3 Å². The van der Waals surface area contributed by atoms with Gasteiger partial charge in [-0.1, -0.05) is 12.1 Å². The minimum absolute atomic E-state index is 0.120. The first-order valence-corrected chi connectivity index (χ1v) is 9.34. The fourth-order valence-electron chi connectivity index (χ4n) is 2.09. The smallest absolute Gasteiger partial charge is 0.341 e. The number of amides is 1. The summed E-state index contributed by atoms with van der Waals surface area (Å²) >= 11 is 0. The number of esters is 1. The number of hydrogen-bond acceptors (Lipinski definition) is 6. The van der Waals surface area contributed by atoms with Crippen molar-refractivity contribution in [3.63, 3.8) is 0 Å². The Hall–Kier alpha value is -3.32. The first-order valence-electron chi connectivity index (χ1n) is 7.80. The zero-order chi connectivity index (χ0) is 20.9. The fourth-order valence-corrected chi connectivity index (χ4v) is 2.81. The number of ether oxygens (including phenoxy) is 1. The number of para-hydroxylation sites is 1. The quantitative estimate of drug-likeness (QED) is 0.736. The predicted octanol–water partition coefficient (Wildman–Crippen LogP) is 2.74. The van der Waals surface area contributed by atoms with E-state index in [4.69, 9.17) is 10.00 Å². The maximum absolute atomic E-state index is 12.5. The molecule has 2 aromatic carbocycles. The van der Waals surface area contributed by atoms with E-state index in [2.05, 4.69) is 5.32 Å². The summed E-state index contributed by atoms with van der Waals surface area (Å²) in [7, 11) is -4.77.